The Hall–Kier alpha value is -1.64. The molecule has 1 aromatic rings. The molecule has 0 amide bonds. The molecule has 0 unspecified atom stereocenters. The minimum atomic E-state index is 0.661. The van der Waals surface area contributed by atoms with Crippen LogP contribution >= 0.6 is 0 Å². The first-order valence-corrected chi connectivity index (χ1v) is 5.64. The van der Waals surface area contributed by atoms with Crippen LogP contribution in [0.2, 0.25) is 0 Å². The second kappa shape index (κ2) is 4.47. The predicted octanol–water partition coefficient (Wildman–Crippen LogP) is 2.49. The van der Waals surface area contributed by atoms with Crippen LogP contribution in [0.25, 0.3) is 0 Å². The molecule has 1 aliphatic heterocycles. The van der Waals surface area contributed by atoms with Gasteiger partial charge in [-0.15, -0.1) is 0 Å². The molecule has 0 saturated heterocycles. The topological polar surface area (TPSA) is 62.2 Å². The third-order valence-corrected chi connectivity index (χ3v) is 3.04. The summed E-state index contributed by atoms with van der Waals surface area (Å²) >= 11 is 0. The number of benzene rings is 1. The summed E-state index contributed by atoms with van der Waals surface area (Å²) in [5, 5.41) is 7.19. The monoisotopic (exact) mass is 215 g/mol. The average Bonchev–Trinajstić information content (AvgIpc) is 2.30. The lowest BCUT2D eigenvalue weighted by Gasteiger charge is -2.18. The van der Waals surface area contributed by atoms with Crippen LogP contribution in [0.3, 0.4) is 0 Å². The summed E-state index contributed by atoms with van der Waals surface area (Å²) in [6.07, 6.45) is 3.51. The summed E-state index contributed by atoms with van der Waals surface area (Å²) < 4.78 is 0. The van der Waals surface area contributed by atoms with E-state index in [1.54, 1.807) is 0 Å². The van der Waals surface area contributed by atoms with Crippen molar-refractivity contribution in [1.29, 1.82) is 5.41 Å². The van der Waals surface area contributed by atoms with Crippen molar-refractivity contribution < 1.29 is 0 Å². The van der Waals surface area contributed by atoms with Crippen LogP contribution in [-0.2, 0) is 0 Å². The summed E-state index contributed by atoms with van der Waals surface area (Å²) in [4.78, 5) is 4.58. The van der Waals surface area contributed by atoms with Crippen molar-refractivity contribution >= 4 is 17.6 Å². The van der Waals surface area contributed by atoms with E-state index in [9.17, 15) is 0 Å². The largest absolute Gasteiger partial charge is 0.398 e. The molecule has 1 aliphatic rings. The molecule has 0 fully saturated rings. The molecule has 1 heterocycles. The van der Waals surface area contributed by atoms with Crippen LogP contribution in [0.5, 0.6) is 0 Å². The molecule has 0 bridgehead atoms. The predicted molar refractivity (Wildman–Crippen MR) is 68.5 cm³/mol. The Morgan fingerprint density at radius 1 is 1.50 bits per heavy atom. The third-order valence-electron chi connectivity index (χ3n) is 3.04. The van der Waals surface area contributed by atoms with Crippen LogP contribution in [0.4, 0.5) is 5.69 Å². The quantitative estimate of drug-likeness (QED) is 0.577. The highest BCUT2D eigenvalue weighted by Gasteiger charge is 2.13. The number of nitrogens with zero attached hydrogens (tertiary/aromatic N) is 1. The molecule has 0 saturated carbocycles. The minimum absolute atomic E-state index is 0.661. The number of nitrogens with one attached hydrogen (secondary N) is 1. The van der Waals surface area contributed by atoms with Gasteiger partial charge in [-0.25, -0.2) is 0 Å². The van der Waals surface area contributed by atoms with E-state index in [1.165, 1.54) is 12.6 Å². The normalized spacial score (nSPS) is 20.3. The van der Waals surface area contributed by atoms with Gasteiger partial charge in [0.15, 0.2) is 0 Å². The maximum Gasteiger partial charge on any atom is 0.0421 e. The van der Waals surface area contributed by atoms with E-state index in [2.05, 4.69) is 11.9 Å². The minimum Gasteiger partial charge on any atom is -0.398 e. The number of hydrogen-bond acceptors (Lipinski definition) is 3. The van der Waals surface area contributed by atoms with Gasteiger partial charge < -0.3 is 11.1 Å². The van der Waals surface area contributed by atoms with Crippen molar-refractivity contribution in [1.82, 2.24) is 0 Å². The number of anilines is 1. The summed E-state index contributed by atoms with van der Waals surface area (Å²) in [7, 11) is 0. The number of nitrogens with two attached hydrogens (primary N) is 1. The summed E-state index contributed by atoms with van der Waals surface area (Å²) in [6.45, 7) is 3.15. The third kappa shape index (κ3) is 2.13. The fraction of sp³-hybridized carbons (Fsp3) is 0.385. The SMILES string of the molecule is C[C@H]1CCC(c2ccc(C=N)c(N)c2)=NC1. The zero-order valence-corrected chi connectivity index (χ0v) is 9.53. The van der Waals surface area contributed by atoms with Gasteiger partial charge in [0.05, 0.1) is 0 Å². The highest BCUT2D eigenvalue weighted by atomic mass is 14.8. The molecule has 1 atom stereocenters. The molecule has 3 nitrogen and oxygen atoms in total. The second-order valence-electron chi connectivity index (χ2n) is 4.42. The zero-order chi connectivity index (χ0) is 11.5. The molecule has 0 aromatic heterocycles. The second-order valence-corrected chi connectivity index (χ2v) is 4.42. The molecule has 0 aliphatic carbocycles. The van der Waals surface area contributed by atoms with Crippen molar-refractivity contribution in [3.63, 3.8) is 0 Å². The van der Waals surface area contributed by atoms with E-state index >= 15 is 0 Å². The van der Waals surface area contributed by atoms with Crippen molar-refractivity contribution in [3.8, 4) is 0 Å². The van der Waals surface area contributed by atoms with Crippen LogP contribution < -0.4 is 5.73 Å². The van der Waals surface area contributed by atoms with Gasteiger partial charge in [0, 0.05) is 29.7 Å². The van der Waals surface area contributed by atoms with Gasteiger partial charge in [0.1, 0.15) is 0 Å². The molecule has 2 rings (SSSR count). The van der Waals surface area contributed by atoms with Crippen LogP contribution in [0, 0.1) is 11.3 Å². The maximum atomic E-state index is 7.19. The number of hydrogen-bond donors (Lipinski definition) is 2. The molecule has 3 N–H and O–H groups in total. The van der Waals surface area contributed by atoms with Crippen molar-refractivity contribution in [2.45, 2.75) is 19.8 Å². The zero-order valence-electron chi connectivity index (χ0n) is 9.53. The van der Waals surface area contributed by atoms with Gasteiger partial charge in [0.25, 0.3) is 0 Å². The number of aliphatic imine (C=N–C) groups is 1. The molecule has 3 heteroatoms. The van der Waals surface area contributed by atoms with E-state index in [0.29, 0.717) is 11.6 Å². The summed E-state index contributed by atoms with van der Waals surface area (Å²) in [5.41, 5.74) is 9.55. The smallest absolute Gasteiger partial charge is 0.0421 e. The Morgan fingerprint density at radius 2 is 2.31 bits per heavy atom. The standard InChI is InChI=1S/C13H17N3/c1-9-2-5-13(16-8-9)10-3-4-11(7-14)12(15)6-10/h3-4,6-7,9,14H,2,5,8,15H2,1H3/t9-/m0/s1. The molecule has 84 valence electrons. The van der Waals surface area contributed by atoms with Gasteiger partial charge in [-0.1, -0.05) is 19.1 Å². The molecular formula is C13H17N3. The van der Waals surface area contributed by atoms with E-state index in [-0.39, 0.29) is 0 Å². The Bertz CT molecular complexity index is 435. The van der Waals surface area contributed by atoms with E-state index in [4.69, 9.17) is 11.1 Å². The van der Waals surface area contributed by atoms with Crippen LogP contribution in [-0.4, -0.2) is 18.5 Å². The van der Waals surface area contributed by atoms with E-state index in [0.717, 1.165) is 29.8 Å². The Labute approximate surface area is 95.9 Å². The molecular weight excluding hydrogens is 198 g/mol. The lowest BCUT2D eigenvalue weighted by Crippen LogP contribution is -2.14. The highest BCUT2D eigenvalue weighted by Crippen LogP contribution is 2.20. The van der Waals surface area contributed by atoms with Gasteiger partial charge in [-0.2, -0.15) is 0 Å². The van der Waals surface area contributed by atoms with Crippen LogP contribution in [0.15, 0.2) is 23.2 Å². The van der Waals surface area contributed by atoms with Crippen LogP contribution in [0.1, 0.15) is 30.9 Å². The molecule has 1 aromatic carbocycles. The summed E-state index contributed by atoms with van der Waals surface area (Å²) in [6, 6.07) is 5.82. The Balaban J connectivity index is 2.28. The summed E-state index contributed by atoms with van der Waals surface area (Å²) in [5.74, 6) is 0.696. The Morgan fingerprint density at radius 3 is 2.88 bits per heavy atom. The first-order chi connectivity index (χ1) is 7.70. The Kier molecular flexibility index (Phi) is 3.04. The van der Waals surface area contributed by atoms with Crippen molar-refractivity contribution in [2.75, 3.05) is 12.3 Å². The average molecular weight is 215 g/mol. The lowest BCUT2D eigenvalue weighted by molar-refractivity contribution is 0.538. The lowest BCUT2D eigenvalue weighted by atomic mass is 9.95. The number of rotatable bonds is 2. The first kappa shape index (κ1) is 10.9. The molecule has 0 spiro atoms. The fourth-order valence-corrected chi connectivity index (χ4v) is 1.94. The van der Waals surface area contributed by atoms with Crippen molar-refractivity contribution in [2.24, 2.45) is 10.9 Å². The maximum absolute atomic E-state index is 7.19. The van der Waals surface area contributed by atoms with Gasteiger partial charge >= 0.3 is 0 Å². The van der Waals surface area contributed by atoms with Crippen molar-refractivity contribution in [3.05, 3.63) is 29.3 Å². The van der Waals surface area contributed by atoms with E-state index in [1.807, 2.05) is 18.2 Å². The molecule has 0 radical (unpaired) electrons. The highest BCUT2D eigenvalue weighted by molar-refractivity contribution is 6.02. The first-order valence-electron chi connectivity index (χ1n) is 5.64. The van der Waals surface area contributed by atoms with E-state index < -0.39 is 0 Å². The molecule has 16 heavy (non-hydrogen) atoms. The van der Waals surface area contributed by atoms with Gasteiger partial charge in [-0.3, -0.25) is 4.99 Å². The number of nitrogen functional groups attached to an aromatic ring is 1. The van der Waals surface area contributed by atoms with Gasteiger partial charge in [-0.05, 0) is 30.4 Å². The van der Waals surface area contributed by atoms with Gasteiger partial charge in [0.2, 0.25) is 0 Å². The fourth-order valence-electron chi connectivity index (χ4n) is 1.94.